The molecule has 9 heteroatoms. The zero-order valence-electron chi connectivity index (χ0n) is 26.3. The highest BCUT2D eigenvalue weighted by Crippen LogP contribution is 2.43. The van der Waals surface area contributed by atoms with Gasteiger partial charge in [0.25, 0.3) is 5.56 Å². The summed E-state index contributed by atoms with van der Waals surface area (Å²) >= 11 is 0. The Morgan fingerprint density at radius 3 is 2.48 bits per heavy atom. The highest BCUT2D eigenvalue weighted by atomic mass is 16.6. The zero-order chi connectivity index (χ0) is 30.7. The maximum atomic E-state index is 13.8. The first-order chi connectivity index (χ1) is 21.1. The summed E-state index contributed by atoms with van der Waals surface area (Å²) in [7, 11) is 0. The summed E-state index contributed by atoms with van der Waals surface area (Å²) in [5.41, 5.74) is 5.18. The fraction of sp³-hybridized carbons (Fsp3) is 0.543. The number of aryl methyl sites for hydroxylation is 1. The lowest BCUT2D eigenvalue weighted by molar-refractivity contribution is -0.151. The van der Waals surface area contributed by atoms with Gasteiger partial charge in [0, 0.05) is 30.1 Å². The van der Waals surface area contributed by atoms with Crippen LogP contribution < -0.4 is 10.3 Å². The second-order valence-electron chi connectivity index (χ2n) is 13.9. The van der Waals surface area contributed by atoms with Crippen molar-refractivity contribution < 1.29 is 19.1 Å². The number of rotatable bonds is 3. The number of aromatic nitrogens is 2. The van der Waals surface area contributed by atoms with Crippen LogP contribution in [0.1, 0.15) is 88.0 Å². The Balaban J connectivity index is 1.17. The van der Waals surface area contributed by atoms with Gasteiger partial charge in [-0.3, -0.25) is 9.59 Å². The number of ether oxygens (including phenoxy) is 2. The number of carbonyl (C=O) groups is 2. The van der Waals surface area contributed by atoms with Crippen LogP contribution >= 0.6 is 0 Å². The number of benzene rings is 1. The molecular weight excluding hydrogens is 556 g/mol. The maximum absolute atomic E-state index is 13.8. The molecule has 232 valence electrons. The van der Waals surface area contributed by atoms with Crippen molar-refractivity contribution >= 4 is 23.0 Å². The third-order valence-corrected chi connectivity index (χ3v) is 10.1. The van der Waals surface area contributed by atoms with E-state index in [1.54, 1.807) is 10.6 Å². The molecule has 0 saturated carbocycles. The lowest BCUT2D eigenvalue weighted by atomic mass is 9.74. The highest BCUT2D eigenvalue weighted by Gasteiger charge is 2.41. The van der Waals surface area contributed by atoms with E-state index in [4.69, 9.17) is 14.5 Å². The molecule has 9 nitrogen and oxygen atoms in total. The van der Waals surface area contributed by atoms with Crippen LogP contribution in [0.15, 0.2) is 29.1 Å². The Morgan fingerprint density at radius 2 is 1.77 bits per heavy atom. The lowest BCUT2D eigenvalue weighted by Crippen LogP contribution is -2.48. The number of esters is 1. The molecule has 0 N–H and O–H groups in total. The third-order valence-electron chi connectivity index (χ3n) is 10.1. The lowest BCUT2D eigenvalue weighted by Gasteiger charge is -2.39. The Hall–Kier alpha value is -3.72. The predicted molar refractivity (Wildman–Crippen MR) is 168 cm³/mol. The first kappa shape index (κ1) is 29.0. The first-order valence-electron chi connectivity index (χ1n) is 16.2. The molecular formula is C35H42N4O5. The van der Waals surface area contributed by atoms with Crippen LogP contribution in [-0.4, -0.2) is 63.6 Å². The van der Waals surface area contributed by atoms with Gasteiger partial charge in [0.15, 0.2) is 0 Å². The SMILES string of the molecule is CCc1c2c(nc3ccc(OC(=O)N4CCC(N5CCCCC5)CC4)cc13)-c1cc3c(c(=O)n1C2)COC(=O)C3C(C)(C)C. The number of amides is 1. The Bertz CT molecular complexity index is 1710. The number of carbonyl (C=O) groups excluding carboxylic acids is 2. The van der Waals surface area contributed by atoms with E-state index in [0.717, 1.165) is 58.2 Å². The minimum atomic E-state index is -0.521. The molecule has 0 spiro atoms. The first-order valence-corrected chi connectivity index (χ1v) is 16.2. The van der Waals surface area contributed by atoms with Gasteiger partial charge < -0.3 is 23.8 Å². The molecule has 1 unspecified atom stereocenters. The molecule has 0 radical (unpaired) electrons. The Morgan fingerprint density at radius 1 is 1.02 bits per heavy atom. The van der Waals surface area contributed by atoms with Gasteiger partial charge in [-0.15, -0.1) is 0 Å². The summed E-state index contributed by atoms with van der Waals surface area (Å²) in [6.07, 6.45) is 6.29. The van der Waals surface area contributed by atoms with Gasteiger partial charge in [-0.25, -0.2) is 9.78 Å². The van der Waals surface area contributed by atoms with Crippen molar-refractivity contribution in [3.63, 3.8) is 0 Å². The standard InChI is InChI=1S/C35H42N4O5/c1-5-23-24-17-22(44-34(42)38-15-11-21(12-16-38)37-13-7-6-8-14-37)9-10-28(24)36-31-26(23)19-39-29(31)18-25-27(32(39)40)20-43-33(41)30(25)35(2,3)4/h9-10,17-18,21,30H,5-8,11-16,19-20H2,1-4H3. The summed E-state index contributed by atoms with van der Waals surface area (Å²) in [4.78, 5) is 49.2. The van der Waals surface area contributed by atoms with Crippen LogP contribution in [0.4, 0.5) is 4.79 Å². The number of hydrogen-bond donors (Lipinski definition) is 0. The van der Waals surface area contributed by atoms with Crippen molar-refractivity contribution in [2.24, 2.45) is 5.41 Å². The van der Waals surface area contributed by atoms with Gasteiger partial charge in [0.2, 0.25) is 0 Å². The van der Waals surface area contributed by atoms with Crippen molar-refractivity contribution in [1.82, 2.24) is 19.4 Å². The van der Waals surface area contributed by atoms with Crippen LogP contribution in [0.5, 0.6) is 5.75 Å². The summed E-state index contributed by atoms with van der Waals surface area (Å²) in [5.74, 6) is -0.307. The molecule has 2 aromatic heterocycles. The molecule has 7 rings (SSSR count). The van der Waals surface area contributed by atoms with E-state index >= 15 is 0 Å². The van der Waals surface area contributed by atoms with Crippen molar-refractivity contribution in [1.29, 1.82) is 0 Å². The number of cyclic esters (lactones) is 1. The number of fused-ring (bicyclic) bond motifs is 5. The molecule has 1 aromatic carbocycles. The smallest absolute Gasteiger partial charge is 0.415 e. The molecule has 4 aliphatic heterocycles. The van der Waals surface area contributed by atoms with Gasteiger partial charge in [-0.05, 0) is 86.0 Å². The zero-order valence-corrected chi connectivity index (χ0v) is 26.3. The largest absolute Gasteiger partial charge is 0.460 e. The van der Waals surface area contributed by atoms with Gasteiger partial charge in [-0.1, -0.05) is 34.1 Å². The van der Waals surface area contributed by atoms with Crippen LogP contribution in [0, 0.1) is 5.41 Å². The normalized spacial score (nSPS) is 20.7. The maximum Gasteiger partial charge on any atom is 0.415 e. The second kappa shape index (κ2) is 11.0. The molecule has 2 saturated heterocycles. The van der Waals surface area contributed by atoms with Gasteiger partial charge in [0.05, 0.1) is 34.9 Å². The number of piperidine rings is 2. The molecule has 4 aliphatic rings. The number of likely N-dealkylation sites (tertiary alicyclic amines) is 2. The van der Waals surface area contributed by atoms with Crippen molar-refractivity contribution in [2.45, 2.75) is 91.3 Å². The van der Waals surface area contributed by atoms with Gasteiger partial charge in [0.1, 0.15) is 12.4 Å². The minimum absolute atomic E-state index is 0.00307. The molecule has 1 atom stereocenters. The molecule has 0 bridgehead atoms. The van der Waals surface area contributed by atoms with Crippen LogP contribution in [-0.2, 0) is 29.1 Å². The van der Waals surface area contributed by atoms with E-state index in [1.807, 2.05) is 43.9 Å². The van der Waals surface area contributed by atoms with E-state index < -0.39 is 11.3 Å². The van der Waals surface area contributed by atoms with Crippen LogP contribution in [0.25, 0.3) is 22.3 Å². The van der Waals surface area contributed by atoms with E-state index in [2.05, 4.69) is 11.8 Å². The Kier molecular flexibility index (Phi) is 7.27. The molecule has 6 heterocycles. The van der Waals surface area contributed by atoms with E-state index in [0.29, 0.717) is 37.0 Å². The van der Waals surface area contributed by atoms with Gasteiger partial charge in [-0.2, -0.15) is 0 Å². The average molecular weight is 599 g/mol. The minimum Gasteiger partial charge on any atom is -0.460 e. The van der Waals surface area contributed by atoms with Gasteiger partial charge >= 0.3 is 12.1 Å². The predicted octanol–water partition coefficient (Wildman–Crippen LogP) is 5.62. The topological polar surface area (TPSA) is 94.0 Å². The number of nitrogens with zero attached hydrogens (tertiary/aromatic N) is 4. The molecule has 0 aliphatic carbocycles. The second-order valence-corrected chi connectivity index (χ2v) is 13.9. The molecule has 44 heavy (non-hydrogen) atoms. The van der Waals surface area contributed by atoms with Crippen molar-refractivity contribution in [3.8, 4) is 17.1 Å². The fourth-order valence-electron chi connectivity index (χ4n) is 7.86. The molecule has 3 aromatic rings. The fourth-order valence-corrected chi connectivity index (χ4v) is 7.86. The monoisotopic (exact) mass is 598 g/mol. The quantitative estimate of drug-likeness (QED) is 0.283. The third kappa shape index (κ3) is 4.89. The number of hydrogen-bond acceptors (Lipinski definition) is 7. The highest BCUT2D eigenvalue weighted by molar-refractivity contribution is 5.90. The van der Waals surface area contributed by atoms with Crippen molar-refractivity contribution in [2.75, 3.05) is 26.2 Å². The number of pyridine rings is 2. The van der Waals surface area contributed by atoms with Crippen molar-refractivity contribution in [3.05, 3.63) is 56.9 Å². The van der Waals surface area contributed by atoms with E-state index in [-0.39, 0.29) is 24.2 Å². The summed E-state index contributed by atoms with van der Waals surface area (Å²) in [6, 6.07) is 8.17. The van der Waals surface area contributed by atoms with E-state index in [9.17, 15) is 14.4 Å². The summed E-state index contributed by atoms with van der Waals surface area (Å²) in [5, 5.41) is 0.928. The summed E-state index contributed by atoms with van der Waals surface area (Å²) in [6.45, 7) is 12.3. The van der Waals surface area contributed by atoms with Crippen LogP contribution in [0.2, 0.25) is 0 Å². The Labute approximate surface area is 258 Å². The van der Waals surface area contributed by atoms with Crippen LogP contribution in [0.3, 0.4) is 0 Å². The molecule has 1 amide bonds. The van der Waals surface area contributed by atoms with E-state index in [1.165, 1.54) is 32.4 Å². The average Bonchev–Trinajstić information content (AvgIpc) is 3.38. The summed E-state index contributed by atoms with van der Waals surface area (Å²) < 4.78 is 13.1. The molecule has 2 fully saturated rings.